The first-order valence-electron chi connectivity index (χ1n) is 13.1. The lowest BCUT2D eigenvalue weighted by Crippen LogP contribution is -2.47. The van der Waals surface area contributed by atoms with Crippen LogP contribution in [0.5, 0.6) is 5.75 Å². The van der Waals surface area contributed by atoms with Gasteiger partial charge in [0.2, 0.25) is 10.0 Å². The monoisotopic (exact) mass is 572 g/mol. The number of aryl methyl sites for hydroxylation is 1. The summed E-state index contributed by atoms with van der Waals surface area (Å²) in [5, 5.41) is 2.44. The highest BCUT2D eigenvalue weighted by molar-refractivity contribution is 7.89. The molecule has 0 saturated carbocycles. The molecule has 1 aliphatic rings. The number of hydrogen-bond acceptors (Lipinski definition) is 9. The third-order valence-corrected chi connectivity index (χ3v) is 9.53. The van der Waals surface area contributed by atoms with E-state index in [0.717, 1.165) is 28.8 Å². The number of likely N-dealkylation sites (N-methyl/N-ethyl adjacent to an activating group) is 1. The first-order chi connectivity index (χ1) is 18.7. The number of hydrogen-bond donors (Lipinski definition) is 0. The summed E-state index contributed by atoms with van der Waals surface area (Å²) in [6.45, 7) is 9.20. The Morgan fingerprint density at radius 3 is 2.44 bits per heavy atom. The van der Waals surface area contributed by atoms with Crippen molar-refractivity contribution < 1.29 is 22.7 Å². The molecule has 1 saturated heterocycles. The normalized spacial score (nSPS) is 14.8. The van der Waals surface area contributed by atoms with E-state index in [2.05, 4.69) is 27.8 Å². The van der Waals surface area contributed by atoms with Crippen LogP contribution in [0, 0.1) is 6.92 Å². The first-order valence-corrected chi connectivity index (χ1v) is 15.4. The Morgan fingerprint density at radius 2 is 1.77 bits per heavy atom. The molecule has 0 aliphatic carbocycles. The lowest BCUT2D eigenvalue weighted by Gasteiger charge is -2.31. The number of carbonyl (C=O) groups excluding carboxylic acids is 1. The third kappa shape index (κ3) is 6.27. The van der Waals surface area contributed by atoms with Crippen molar-refractivity contribution in [1.82, 2.24) is 14.2 Å². The fraction of sp³-hybridized carbons (Fsp3) is 0.429. The van der Waals surface area contributed by atoms with E-state index in [1.54, 1.807) is 24.4 Å². The van der Waals surface area contributed by atoms with E-state index in [0.29, 0.717) is 55.9 Å². The molecule has 1 aromatic heterocycles. The minimum absolute atomic E-state index is 0.174. The van der Waals surface area contributed by atoms with Crippen molar-refractivity contribution >= 4 is 38.1 Å². The van der Waals surface area contributed by atoms with Gasteiger partial charge in [-0.05, 0) is 62.2 Å². The minimum atomic E-state index is -3.68. The Bertz CT molecular complexity index is 1420. The molecular formula is C28H36N4O5S2. The molecule has 0 atom stereocenters. The van der Waals surface area contributed by atoms with Crippen LogP contribution >= 0.6 is 11.3 Å². The van der Waals surface area contributed by atoms with Crippen LogP contribution in [0.25, 0.3) is 11.1 Å². The van der Waals surface area contributed by atoms with Crippen molar-refractivity contribution in [3.05, 3.63) is 53.0 Å². The Labute approximate surface area is 235 Å². The molecule has 2 heterocycles. The van der Waals surface area contributed by atoms with Crippen molar-refractivity contribution in [1.29, 1.82) is 0 Å². The van der Waals surface area contributed by atoms with Crippen LogP contribution in [0.2, 0.25) is 0 Å². The van der Waals surface area contributed by atoms with Crippen LogP contribution < -0.4 is 9.64 Å². The number of piperazine rings is 1. The van der Waals surface area contributed by atoms with Crippen LogP contribution in [-0.2, 0) is 14.8 Å². The number of anilines is 2. The van der Waals surface area contributed by atoms with Crippen LogP contribution in [-0.4, -0.2) is 82.1 Å². The van der Waals surface area contributed by atoms with Crippen molar-refractivity contribution in [2.75, 3.05) is 58.4 Å². The molecule has 0 radical (unpaired) electrons. The summed E-state index contributed by atoms with van der Waals surface area (Å²) in [5.41, 5.74) is 4.08. The summed E-state index contributed by atoms with van der Waals surface area (Å²) in [5.74, 6) is -0.112. The van der Waals surface area contributed by atoms with Gasteiger partial charge in [-0.25, -0.2) is 18.2 Å². The second-order valence-electron chi connectivity index (χ2n) is 9.46. The smallest absolute Gasteiger partial charge is 0.357 e. The Morgan fingerprint density at radius 1 is 1.08 bits per heavy atom. The number of esters is 1. The summed E-state index contributed by atoms with van der Waals surface area (Å²) in [7, 11) is -0.193. The lowest BCUT2D eigenvalue weighted by atomic mass is 10.0. The van der Waals surface area contributed by atoms with E-state index < -0.39 is 16.0 Å². The fourth-order valence-electron chi connectivity index (χ4n) is 4.54. The molecule has 9 nitrogen and oxygen atoms in total. The molecule has 0 spiro atoms. The first kappa shape index (κ1) is 29.0. The van der Waals surface area contributed by atoms with Crippen molar-refractivity contribution in [2.45, 2.75) is 32.1 Å². The van der Waals surface area contributed by atoms with Gasteiger partial charge < -0.3 is 19.3 Å². The van der Waals surface area contributed by atoms with E-state index >= 15 is 0 Å². The molecule has 210 valence electrons. The number of ether oxygens (including phenoxy) is 2. The third-order valence-electron chi connectivity index (χ3n) is 6.73. The van der Waals surface area contributed by atoms with Gasteiger partial charge in [0.05, 0.1) is 13.7 Å². The average molecular weight is 573 g/mol. The lowest BCUT2D eigenvalue weighted by molar-refractivity contribution is 0.0520. The molecule has 0 unspecified atom stereocenters. The second kappa shape index (κ2) is 12.5. The van der Waals surface area contributed by atoms with E-state index in [1.165, 1.54) is 22.8 Å². The predicted molar refractivity (Wildman–Crippen MR) is 155 cm³/mol. The van der Waals surface area contributed by atoms with Gasteiger partial charge in [0.1, 0.15) is 10.6 Å². The van der Waals surface area contributed by atoms with Gasteiger partial charge in [0, 0.05) is 43.8 Å². The van der Waals surface area contributed by atoms with Crippen molar-refractivity contribution in [3.8, 4) is 16.9 Å². The largest absolute Gasteiger partial charge is 0.495 e. The van der Waals surface area contributed by atoms with E-state index in [1.807, 2.05) is 32.2 Å². The molecule has 1 fully saturated rings. The molecule has 2 aromatic carbocycles. The van der Waals surface area contributed by atoms with Crippen molar-refractivity contribution in [3.63, 3.8) is 0 Å². The van der Waals surface area contributed by atoms with E-state index in [4.69, 9.17) is 9.47 Å². The molecule has 3 aromatic rings. The van der Waals surface area contributed by atoms with Gasteiger partial charge in [0.25, 0.3) is 0 Å². The molecule has 0 bridgehead atoms. The van der Waals surface area contributed by atoms with Gasteiger partial charge >= 0.3 is 5.97 Å². The highest BCUT2D eigenvalue weighted by Gasteiger charge is 2.30. The second-order valence-corrected chi connectivity index (χ2v) is 12.2. The van der Waals surface area contributed by atoms with Gasteiger partial charge in [-0.3, -0.25) is 0 Å². The quantitative estimate of drug-likeness (QED) is 0.320. The number of nitrogens with zero attached hydrogens (tertiary/aromatic N) is 4. The molecule has 4 rings (SSSR count). The summed E-state index contributed by atoms with van der Waals surface area (Å²) in [6.07, 6.45) is 0.880. The molecule has 0 N–H and O–H groups in total. The number of sulfonamides is 1. The average Bonchev–Trinajstić information content (AvgIpc) is 3.42. The SMILES string of the molecule is CCCN(c1nc(C(=O)OCC)cs1)c1cc(-c2ccc(S(=O)(=O)N3CCN(C)CC3)c(OC)c2)ccc1C. The highest BCUT2D eigenvalue weighted by atomic mass is 32.2. The van der Waals surface area contributed by atoms with Gasteiger partial charge in [-0.15, -0.1) is 11.3 Å². The topological polar surface area (TPSA) is 92.3 Å². The number of carbonyl (C=O) groups is 1. The van der Waals surface area contributed by atoms with Crippen LogP contribution in [0.1, 0.15) is 36.3 Å². The summed E-state index contributed by atoms with van der Waals surface area (Å²) in [4.78, 5) is 21.2. The summed E-state index contributed by atoms with van der Waals surface area (Å²) in [6, 6.07) is 11.4. The maximum Gasteiger partial charge on any atom is 0.357 e. The van der Waals surface area contributed by atoms with Gasteiger partial charge in [0.15, 0.2) is 10.8 Å². The summed E-state index contributed by atoms with van der Waals surface area (Å²) < 4.78 is 39.0. The molecule has 11 heteroatoms. The molecule has 0 amide bonds. The van der Waals surface area contributed by atoms with E-state index in [9.17, 15) is 13.2 Å². The highest BCUT2D eigenvalue weighted by Crippen LogP contribution is 2.37. The molecule has 39 heavy (non-hydrogen) atoms. The zero-order valence-corrected chi connectivity index (χ0v) is 24.8. The number of benzene rings is 2. The fourth-order valence-corrected chi connectivity index (χ4v) is 6.93. The van der Waals surface area contributed by atoms with Crippen LogP contribution in [0.3, 0.4) is 0 Å². The zero-order chi connectivity index (χ0) is 28.2. The maximum absolute atomic E-state index is 13.4. The number of thiazole rings is 1. The zero-order valence-electron chi connectivity index (χ0n) is 23.1. The number of methoxy groups -OCH3 is 1. The van der Waals surface area contributed by atoms with Gasteiger partial charge in [-0.2, -0.15) is 4.31 Å². The Hall–Kier alpha value is -2.99. The summed E-state index contributed by atoms with van der Waals surface area (Å²) >= 11 is 1.40. The Kier molecular flexibility index (Phi) is 9.27. The minimum Gasteiger partial charge on any atom is -0.495 e. The predicted octanol–water partition coefficient (Wildman–Crippen LogP) is 4.79. The van der Waals surface area contributed by atoms with Gasteiger partial charge in [-0.1, -0.05) is 25.1 Å². The molecule has 1 aliphatic heterocycles. The maximum atomic E-state index is 13.4. The van der Waals surface area contributed by atoms with Crippen LogP contribution in [0.15, 0.2) is 46.7 Å². The standard InChI is InChI=1S/C28H36N4O5S2/c1-6-12-32(28-29-23(19-38-28)27(33)37-7-2)24-17-21(9-8-20(24)3)22-10-11-26(25(18-22)36-5)39(34,35)31-15-13-30(4)14-16-31/h8-11,17-19H,6-7,12-16H2,1-5H3. The van der Waals surface area contributed by atoms with Crippen LogP contribution in [0.4, 0.5) is 10.8 Å². The number of rotatable bonds is 10. The van der Waals surface area contributed by atoms with E-state index in [-0.39, 0.29) is 4.90 Å². The Balaban J connectivity index is 1.68. The molecular weight excluding hydrogens is 536 g/mol. The van der Waals surface area contributed by atoms with Crippen molar-refractivity contribution in [2.24, 2.45) is 0 Å². The number of aromatic nitrogens is 1.